The molecule has 0 fully saturated rings. The molecule has 118 valence electrons. The van der Waals surface area contributed by atoms with Crippen LogP contribution < -0.4 is 5.32 Å². The molecule has 3 rings (SSSR count). The molecule has 0 radical (unpaired) electrons. The van der Waals surface area contributed by atoms with E-state index in [-0.39, 0.29) is 11.7 Å². The SMILES string of the molecule is Cc1ccc(C(=O)NCCc2c(C)[nH]c3ccc(F)cc23)cc1. The number of H-pyrrole nitrogens is 1. The average Bonchev–Trinajstić information content (AvgIpc) is 2.83. The van der Waals surface area contributed by atoms with Gasteiger partial charge in [-0.2, -0.15) is 0 Å². The summed E-state index contributed by atoms with van der Waals surface area (Å²) in [4.78, 5) is 15.4. The van der Waals surface area contributed by atoms with E-state index in [1.807, 2.05) is 38.1 Å². The number of benzene rings is 2. The number of aromatic amines is 1. The number of amides is 1. The number of halogens is 1. The maximum atomic E-state index is 13.4. The number of aryl methyl sites for hydroxylation is 2. The van der Waals surface area contributed by atoms with Gasteiger partial charge in [0.05, 0.1) is 0 Å². The highest BCUT2D eigenvalue weighted by atomic mass is 19.1. The fourth-order valence-electron chi connectivity index (χ4n) is 2.78. The largest absolute Gasteiger partial charge is 0.358 e. The van der Waals surface area contributed by atoms with Crippen LogP contribution in [-0.2, 0) is 6.42 Å². The van der Waals surface area contributed by atoms with Crippen molar-refractivity contribution in [3.8, 4) is 0 Å². The van der Waals surface area contributed by atoms with Crippen LogP contribution in [0.15, 0.2) is 42.5 Å². The average molecular weight is 310 g/mol. The zero-order chi connectivity index (χ0) is 16.4. The van der Waals surface area contributed by atoms with Gasteiger partial charge in [0.25, 0.3) is 5.91 Å². The molecule has 3 aromatic rings. The lowest BCUT2D eigenvalue weighted by Gasteiger charge is -2.06. The van der Waals surface area contributed by atoms with Crippen molar-refractivity contribution in [2.75, 3.05) is 6.54 Å². The quantitative estimate of drug-likeness (QED) is 0.754. The molecule has 0 bridgehead atoms. The zero-order valence-electron chi connectivity index (χ0n) is 13.2. The number of carbonyl (C=O) groups is 1. The number of carbonyl (C=O) groups excluding carboxylic acids is 1. The summed E-state index contributed by atoms with van der Waals surface area (Å²) in [5.74, 6) is -0.338. The van der Waals surface area contributed by atoms with Crippen LogP contribution in [0, 0.1) is 19.7 Å². The predicted octanol–water partition coefficient (Wildman–Crippen LogP) is 3.90. The minimum absolute atomic E-state index is 0.0892. The Bertz CT molecular complexity index is 850. The number of fused-ring (bicyclic) bond motifs is 1. The number of hydrogen-bond donors (Lipinski definition) is 2. The maximum absolute atomic E-state index is 13.4. The highest BCUT2D eigenvalue weighted by Gasteiger charge is 2.10. The van der Waals surface area contributed by atoms with Gasteiger partial charge in [-0.1, -0.05) is 17.7 Å². The summed E-state index contributed by atoms with van der Waals surface area (Å²) in [6.07, 6.45) is 0.660. The summed E-state index contributed by atoms with van der Waals surface area (Å²) < 4.78 is 13.4. The van der Waals surface area contributed by atoms with Gasteiger partial charge in [-0.3, -0.25) is 4.79 Å². The van der Waals surface area contributed by atoms with E-state index >= 15 is 0 Å². The molecule has 0 aliphatic rings. The Kier molecular flexibility index (Phi) is 4.15. The molecular weight excluding hydrogens is 291 g/mol. The minimum atomic E-state index is -0.249. The van der Waals surface area contributed by atoms with Gasteiger partial charge in [0.15, 0.2) is 0 Å². The molecule has 0 atom stereocenters. The van der Waals surface area contributed by atoms with Crippen molar-refractivity contribution in [1.29, 1.82) is 0 Å². The van der Waals surface area contributed by atoms with Gasteiger partial charge in [0.1, 0.15) is 5.82 Å². The molecule has 1 heterocycles. The van der Waals surface area contributed by atoms with E-state index in [1.165, 1.54) is 12.1 Å². The first-order chi connectivity index (χ1) is 11.0. The monoisotopic (exact) mass is 310 g/mol. The third-order valence-electron chi connectivity index (χ3n) is 4.06. The Morgan fingerprint density at radius 2 is 1.87 bits per heavy atom. The van der Waals surface area contributed by atoms with Crippen molar-refractivity contribution < 1.29 is 9.18 Å². The van der Waals surface area contributed by atoms with Crippen LogP contribution in [0.5, 0.6) is 0 Å². The van der Waals surface area contributed by atoms with Gasteiger partial charge in [-0.05, 0) is 56.2 Å². The fourth-order valence-corrected chi connectivity index (χ4v) is 2.78. The molecule has 1 amide bonds. The molecule has 3 nitrogen and oxygen atoms in total. The minimum Gasteiger partial charge on any atom is -0.358 e. The zero-order valence-corrected chi connectivity index (χ0v) is 13.2. The molecule has 4 heteroatoms. The van der Waals surface area contributed by atoms with E-state index < -0.39 is 0 Å². The number of aromatic nitrogens is 1. The van der Waals surface area contributed by atoms with Crippen LogP contribution in [0.4, 0.5) is 4.39 Å². The molecule has 2 N–H and O–H groups in total. The lowest BCUT2D eigenvalue weighted by Crippen LogP contribution is -2.25. The summed E-state index contributed by atoms with van der Waals surface area (Å²) in [5, 5.41) is 3.80. The lowest BCUT2D eigenvalue weighted by atomic mass is 10.1. The summed E-state index contributed by atoms with van der Waals surface area (Å²) >= 11 is 0. The van der Waals surface area contributed by atoms with Crippen molar-refractivity contribution in [3.63, 3.8) is 0 Å². The van der Waals surface area contributed by atoms with Crippen molar-refractivity contribution in [2.24, 2.45) is 0 Å². The maximum Gasteiger partial charge on any atom is 0.251 e. The Hall–Kier alpha value is -2.62. The molecule has 2 aromatic carbocycles. The predicted molar refractivity (Wildman–Crippen MR) is 90.2 cm³/mol. The second-order valence-corrected chi connectivity index (χ2v) is 5.79. The fraction of sp³-hybridized carbons (Fsp3) is 0.211. The topological polar surface area (TPSA) is 44.9 Å². The van der Waals surface area contributed by atoms with E-state index in [1.54, 1.807) is 6.07 Å². The molecule has 0 saturated heterocycles. The van der Waals surface area contributed by atoms with Crippen LogP contribution in [-0.4, -0.2) is 17.4 Å². The lowest BCUT2D eigenvalue weighted by molar-refractivity contribution is 0.0954. The number of hydrogen-bond acceptors (Lipinski definition) is 1. The molecule has 0 saturated carbocycles. The van der Waals surface area contributed by atoms with E-state index in [4.69, 9.17) is 0 Å². The van der Waals surface area contributed by atoms with Gasteiger partial charge in [-0.25, -0.2) is 4.39 Å². The van der Waals surface area contributed by atoms with E-state index in [2.05, 4.69) is 10.3 Å². The molecule has 0 unspecified atom stereocenters. The number of nitrogens with one attached hydrogen (secondary N) is 2. The summed E-state index contributed by atoms with van der Waals surface area (Å²) in [5.41, 5.74) is 4.75. The second-order valence-electron chi connectivity index (χ2n) is 5.79. The second kappa shape index (κ2) is 6.24. The van der Waals surface area contributed by atoms with E-state index in [0.717, 1.165) is 27.7 Å². The van der Waals surface area contributed by atoms with Gasteiger partial charge in [-0.15, -0.1) is 0 Å². The smallest absolute Gasteiger partial charge is 0.251 e. The highest BCUT2D eigenvalue weighted by Crippen LogP contribution is 2.23. The first-order valence-corrected chi connectivity index (χ1v) is 7.66. The van der Waals surface area contributed by atoms with Gasteiger partial charge >= 0.3 is 0 Å². The Morgan fingerprint density at radius 1 is 1.13 bits per heavy atom. The van der Waals surface area contributed by atoms with Crippen LogP contribution in [0.25, 0.3) is 10.9 Å². The van der Waals surface area contributed by atoms with Crippen molar-refractivity contribution in [3.05, 3.63) is 70.7 Å². The third kappa shape index (κ3) is 3.26. The van der Waals surface area contributed by atoms with Gasteiger partial charge < -0.3 is 10.3 Å². The Balaban J connectivity index is 1.69. The Labute approximate surface area is 134 Å². The van der Waals surface area contributed by atoms with Crippen LogP contribution in [0.3, 0.4) is 0 Å². The summed E-state index contributed by atoms with van der Waals surface area (Å²) in [6, 6.07) is 12.2. The first-order valence-electron chi connectivity index (χ1n) is 7.66. The van der Waals surface area contributed by atoms with E-state index in [9.17, 15) is 9.18 Å². The molecule has 0 spiro atoms. The Morgan fingerprint density at radius 3 is 2.61 bits per heavy atom. The summed E-state index contributed by atoms with van der Waals surface area (Å²) in [7, 11) is 0. The van der Waals surface area contributed by atoms with Gasteiger partial charge in [0, 0.05) is 28.7 Å². The number of rotatable bonds is 4. The van der Waals surface area contributed by atoms with Crippen LogP contribution in [0.1, 0.15) is 27.2 Å². The normalized spacial score (nSPS) is 10.9. The van der Waals surface area contributed by atoms with Crippen molar-refractivity contribution >= 4 is 16.8 Å². The molecule has 1 aromatic heterocycles. The molecular formula is C19H19FN2O. The molecule has 23 heavy (non-hydrogen) atoms. The van der Waals surface area contributed by atoms with Crippen molar-refractivity contribution in [2.45, 2.75) is 20.3 Å². The van der Waals surface area contributed by atoms with Gasteiger partial charge in [0.2, 0.25) is 0 Å². The van der Waals surface area contributed by atoms with Crippen LogP contribution in [0.2, 0.25) is 0 Å². The third-order valence-corrected chi connectivity index (χ3v) is 4.06. The molecule has 0 aliphatic heterocycles. The van der Waals surface area contributed by atoms with Crippen LogP contribution >= 0.6 is 0 Å². The molecule has 0 aliphatic carbocycles. The van der Waals surface area contributed by atoms with Crippen molar-refractivity contribution in [1.82, 2.24) is 10.3 Å². The summed E-state index contributed by atoms with van der Waals surface area (Å²) in [6.45, 7) is 4.46. The first kappa shape index (κ1) is 15.3. The van der Waals surface area contributed by atoms with E-state index in [0.29, 0.717) is 18.5 Å². The standard InChI is InChI=1S/C19H19FN2O/c1-12-3-5-14(6-4-12)19(23)21-10-9-16-13(2)22-18-8-7-15(20)11-17(16)18/h3-8,11,22H,9-10H2,1-2H3,(H,21,23). The highest BCUT2D eigenvalue weighted by molar-refractivity contribution is 5.94.